The van der Waals surface area contributed by atoms with Gasteiger partial charge < -0.3 is 5.11 Å². The largest absolute Gasteiger partial charge is 0.480 e. The molecule has 2 unspecified atom stereocenters. The van der Waals surface area contributed by atoms with Crippen LogP contribution in [-0.2, 0) is 11.2 Å². The first-order valence-electron chi connectivity index (χ1n) is 6.17. The van der Waals surface area contributed by atoms with Gasteiger partial charge in [0.2, 0.25) is 0 Å². The standard InChI is InChI=1S/C14H19NO2/c1-11(14(16)17)15-8-7-13(10-15)9-12-5-3-2-4-6-12/h2-6,11,13H,7-10H2,1H3,(H,16,17). The van der Waals surface area contributed by atoms with Crippen LogP contribution in [0.15, 0.2) is 30.3 Å². The topological polar surface area (TPSA) is 40.5 Å². The Balaban J connectivity index is 1.88. The number of carboxylic acid groups (broad SMARTS) is 1. The van der Waals surface area contributed by atoms with Gasteiger partial charge in [0.1, 0.15) is 6.04 Å². The summed E-state index contributed by atoms with van der Waals surface area (Å²) in [5.41, 5.74) is 1.35. The van der Waals surface area contributed by atoms with Crippen molar-refractivity contribution < 1.29 is 9.90 Å². The number of carboxylic acids is 1. The molecule has 2 atom stereocenters. The minimum atomic E-state index is -0.717. The Morgan fingerprint density at radius 3 is 2.82 bits per heavy atom. The van der Waals surface area contributed by atoms with E-state index in [-0.39, 0.29) is 6.04 Å². The third kappa shape index (κ3) is 3.07. The summed E-state index contributed by atoms with van der Waals surface area (Å²) in [7, 11) is 0. The van der Waals surface area contributed by atoms with Crippen LogP contribution in [0, 0.1) is 5.92 Å². The summed E-state index contributed by atoms with van der Waals surface area (Å²) in [4.78, 5) is 13.0. The highest BCUT2D eigenvalue weighted by Crippen LogP contribution is 2.22. The molecule has 0 aliphatic carbocycles. The van der Waals surface area contributed by atoms with Crippen LogP contribution < -0.4 is 0 Å². The second kappa shape index (κ2) is 5.32. The molecule has 1 aromatic carbocycles. The van der Waals surface area contributed by atoms with Crippen molar-refractivity contribution in [3.05, 3.63) is 35.9 Å². The highest BCUT2D eigenvalue weighted by molar-refractivity contribution is 5.72. The Hall–Kier alpha value is -1.35. The molecule has 1 saturated heterocycles. The van der Waals surface area contributed by atoms with Crippen molar-refractivity contribution in [3.8, 4) is 0 Å². The second-order valence-corrected chi connectivity index (χ2v) is 4.85. The van der Waals surface area contributed by atoms with Gasteiger partial charge >= 0.3 is 5.97 Å². The van der Waals surface area contributed by atoms with Gasteiger partial charge in [-0.1, -0.05) is 30.3 Å². The van der Waals surface area contributed by atoms with Crippen LogP contribution in [0.1, 0.15) is 18.9 Å². The Labute approximate surface area is 102 Å². The van der Waals surface area contributed by atoms with Crippen molar-refractivity contribution in [3.63, 3.8) is 0 Å². The minimum absolute atomic E-state index is 0.351. The molecule has 1 aromatic rings. The van der Waals surface area contributed by atoms with Crippen LogP contribution in [0.4, 0.5) is 0 Å². The van der Waals surface area contributed by atoms with E-state index in [0.717, 1.165) is 25.9 Å². The predicted octanol–water partition coefficient (Wildman–Crippen LogP) is 2.02. The zero-order chi connectivity index (χ0) is 12.3. The van der Waals surface area contributed by atoms with Gasteiger partial charge in [0.25, 0.3) is 0 Å². The van der Waals surface area contributed by atoms with Gasteiger partial charge in [-0.25, -0.2) is 0 Å². The zero-order valence-corrected chi connectivity index (χ0v) is 10.2. The number of nitrogens with zero attached hydrogens (tertiary/aromatic N) is 1. The Morgan fingerprint density at radius 1 is 1.47 bits per heavy atom. The fourth-order valence-electron chi connectivity index (χ4n) is 2.48. The molecule has 1 aliphatic heterocycles. The van der Waals surface area contributed by atoms with Crippen molar-refractivity contribution in [1.82, 2.24) is 4.90 Å². The lowest BCUT2D eigenvalue weighted by atomic mass is 9.99. The average Bonchev–Trinajstić information content (AvgIpc) is 2.77. The minimum Gasteiger partial charge on any atom is -0.480 e. The van der Waals surface area contributed by atoms with Crippen LogP contribution in [0.25, 0.3) is 0 Å². The first-order chi connectivity index (χ1) is 8.16. The summed E-state index contributed by atoms with van der Waals surface area (Å²) in [5.74, 6) is -0.121. The molecule has 1 heterocycles. The molecule has 2 rings (SSSR count). The number of benzene rings is 1. The summed E-state index contributed by atoms with van der Waals surface area (Å²) >= 11 is 0. The van der Waals surface area contributed by atoms with E-state index in [1.54, 1.807) is 6.92 Å². The summed E-state index contributed by atoms with van der Waals surface area (Å²) in [6.45, 7) is 3.58. The monoisotopic (exact) mass is 233 g/mol. The van der Waals surface area contributed by atoms with E-state index in [4.69, 9.17) is 5.11 Å². The number of hydrogen-bond acceptors (Lipinski definition) is 2. The number of rotatable bonds is 4. The molecule has 17 heavy (non-hydrogen) atoms. The maximum absolute atomic E-state index is 10.9. The normalized spacial score (nSPS) is 22.5. The van der Waals surface area contributed by atoms with E-state index in [1.807, 2.05) is 6.07 Å². The van der Waals surface area contributed by atoms with Crippen molar-refractivity contribution in [1.29, 1.82) is 0 Å². The lowest BCUT2D eigenvalue weighted by Crippen LogP contribution is -2.37. The van der Waals surface area contributed by atoms with Gasteiger partial charge in [0.05, 0.1) is 0 Å². The number of likely N-dealkylation sites (tertiary alicyclic amines) is 1. The smallest absolute Gasteiger partial charge is 0.320 e. The van der Waals surface area contributed by atoms with Crippen molar-refractivity contribution >= 4 is 5.97 Å². The molecule has 0 spiro atoms. The lowest BCUT2D eigenvalue weighted by molar-refractivity contribution is -0.142. The number of aliphatic carboxylic acids is 1. The van der Waals surface area contributed by atoms with E-state index in [0.29, 0.717) is 5.92 Å². The van der Waals surface area contributed by atoms with E-state index in [1.165, 1.54) is 5.56 Å². The van der Waals surface area contributed by atoms with Crippen LogP contribution >= 0.6 is 0 Å². The van der Waals surface area contributed by atoms with E-state index < -0.39 is 5.97 Å². The van der Waals surface area contributed by atoms with Crippen LogP contribution in [-0.4, -0.2) is 35.1 Å². The zero-order valence-electron chi connectivity index (χ0n) is 10.2. The van der Waals surface area contributed by atoms with Crippen LogP contribution in [0.5, 0.6) is 0 Å². The van der Waals surface area contributed by atoms with Crippen molar-refractivity contribution in [2.24, 2.45) is 5.92 Å². The SMILES string of the molecule is CC(C(=O)O)N1CCC(Cc2ccccc2)C1. The van der Waals surface area contributed by atoms with Gasteiger partial charge in [-0.05, 0) is 37.8 Å². The Bertz CT molecular complexity index is 377. The molecule has 0 radical (unpaired) electrons. The molecule has 3 nitrogen and oxygen atoms in total. The fourth-order valence-corrected chi connectivity index (χ4v) is 2.48. The number of hydrogen-bond donors (Lipinski definition) is 1. The fraction of sp³-hybridized carbons (Fsp3) is 0.500. The molecule has 0 bridgehead atoms. The Morgan fingerprint density at radius 2 is 2.18 bits per heavy atom. The lowest BCUT2D eigenvalue weighted by Gasteiger charge is -2.20. The highest BCUT2D eigenvalue weighted by Gasteiger charge is 2.29. The van der Waals surface area contributed by atoms with Gasteiger partial charge in [-0.3, -0.25) is 9.69 Å². The van der Waals surface area contributed by atoms with Crippen LogP contribution in [0.3, 0.4) is 0 Å². The van der Waals surface area contributed by atoms with Gasteiger partial charge in [0.15, 0.2) is 0 Å². The predicted molar refractivity (Wildman–Crippen MR) is 66.9 cm³/mol. The summed E-state index contributed by atoms with van der Waals surface area (Å²) in [6.07, 6.45) is 2.16. The second-order valence-electron chi connectivity index (χ2n) is 4.85. The van der Waals surface area contributed by atoms with E-state index in [2.05, 4.69) is 29.2 Å². The molecule has 1 N–H and O–H groups in total. The third-order valence-electron chi connectivity index (χ3n) is 3.59. The molecule has 0 saturated carbocycles. The first kappa shape index (κ1) is 12.1. The average molecular weight is 233 g/mol. The van der Waals surface area contributed by atoms with Gasteiger partial charge in [-0.2, -0.15) is 0 Å². The highest BCUT2D eigenvalue weighted by atomic mass is 16.4. The van der Waals surface area contributed by atoms with Gasteiger partial charge in [-0.15, -0.1) is 0 Å². The quantitative estimate of drug-likeness (QED) is 0.865. The molecule has 92 valence electrons. The van der Waals surface area contributed by atoms with Crippen molar-refractivity contribution in [2.45, 2.75) is 25.8 Å². The molecule has 3 heteroatoms. The molecule has 1 aliphatic rings. The maximum atomic E-state index is 10.9. The molecule has 0 amide bonds. The van der Waals surface area contributed by atoms with E-state index >= 15 is 0 Å². The van der Waals surface area contributed by atoms with Crippen molar-refractivity contribution in [2.75, 3.05) is 13.1 Å². The first-order valence-corrected chi connectivity index (χ1v) is 6.17. The maximum Gasteiger partial charge on any atom is 0.320 e. The molecule has 0 aromatic heterocycles. The third-order valence-corrected chi connectivity index (χ3v) is 3.59. The molecule has 1 fully saturated rings. The molecular formula is C14H19NO2. The van der Waals surface area contributed by atoms with E-state index in [9.17, 15) is 4.79 Å². The summed E-state index contributed by atoms with van der Waals surface area (Å²) < 4.78 is 0. The van der Waals surface area contributed by atoms with Crippen LogP contribution in [0.2, 0.25) is 0 Å². The number of carbonyl (C=O) groups is 1. The summed E-state index contributed by atoms with van der Waals surface area (Å²) in [6, 6.07) is 10.1. The van der Waals surface area contributed by atoms with Gasteiger partial charge in [0, 0.05) is 6.54 Å². The Kier molecular flexibility index (Phi) is 3.79. The molecular weight excluding hydrogens is 214 g/mol. The summed E-state index contributed by atoms with van der Waals surface area (Å²) in [5, 5.41) is 8.98.